The summed E-state index contributed by atoms with van der Waals surface area (Å²) in [4.78, 5) is 11.5. The minimum Gasteiger partial charge on any atom is -0.385 e. The summed E-state index contributed by atoms with van der Waals surface area (Å²) in [7, 11) is 0. The second-order valence-electron chi connectivity index (χ2n) is 5.11. The molecule has 5 heteroatoms. The maximum Gasteiger partial charge on any atom is 0.272 e. The monoisotopic (exact) mass is 268 g/mol. The van der Waals surface area contributed by atoms with Crippen molar-refractivity contribution in [2.75, 3.05) is 11.9 Å². The van der Waals surface area contributed by atoms with Crippen molar-refractivity contribution < 1.29 is 4.92 Å². The Balaban J connectivity index is 3.02. The van der Waals surface area contributed by atoms with Gasteiger partial charge in [-0.25, -0.2) is 0 Å². The molecule has 0 saturated carbocycles. The fourth-order valence-electron chi connectivity index (χ4n) is 1.47. The number of benzene rings is 1. The van der Waals surface area contributed by atoms with Crippen molar-refractivity contribution in [3.05, 3.63) is 28.3 Å². The van der Waals surface area contributed by atoms with Gasteiger partial charge in [0.05, 0.1) is 4.92 Å². The average molecular weight is 268 g/mol. The number of nitro groups is 1. The Hall–Kier alpha value is -1.23. The molecule has 100 valence electrons. The van der Waals surface area contributed by atoms with Crippen molar-refractivity contribution in [2.24, 2.45) is 0 Å². The molecule has 0 radical (unpaired) electrons. The van der Waals surface area contributed by atoms with Crippen molar-refractivity contribution in [3.8, 4) is 0 Å². The van der Waals surface area contributed by atoms with Crippen LogP contribution >= 0.6 is 11.8 Å². The number of nitro benzene ring substituents is 1. The van der Waals surface area contributed by atoms with E-state index in [0.29, 0.717) is 0 Å². The zero-order chi connectivity index (χ0) is 13.8. The topological polar surface area (TPSA) is 55.2 Å². The third-order valence-corrected chi connectivity index (χ3v) is 3.19. The number of rotatable bonds is 5. The highest BCUT2D eigenvalue weighted by molar-refractivity contribution is 8.00. The van der Waals surface area contributed by atoms with E-state index in [0.717, 1.165) is 23.5 Å². The summed E-state index contributed by atoms with van der Waals surface area (Å²) in [6.07, 6.45) is 0.991. The number of hydrogen-bond acceptors (Lipinski definition) is 4. The van der Waals surface area contributed by atoms with Gasteiger partial charge in [0.25, 0.3) is 5.69 Å². The van der Waals surface area contributed by atoms with Crippen molar-refractivity contribution in [1.82, 2.24) is 0 Å². The first-order valence-electron chi connectivity index (χ1n) is 6.04. The Morgan fingerprint density at radius 2 is 2.00 bits per heavy atom. The molecule has 0 aliphatic carbocycles. The van der Waals surface area contributed by atoms with E-state index in [1.165, 1.54) is 0 Å². The van der Waals surface area contributed by atoms with Crippen LogP contribution in [0, 0.1) is 10.1 Å². The first kappa shape index (κ1) is 14.8. The highest BCUT2D eigenvalue weighted by atomic mass is 32.2. The standard InChI is InChI=1S/C13H20N2O2S/c1-5-6-14-10-7-11(15(16)17)9-12(8-10)18-13(2,3)4/h7-9,14H,5-6H2,1-4H3. The van der Waals surface area contributed by atoms with Gasteiger partial charge in [0.2, 0.25) is 0 Å². The number of hydrogen-bond donors (Lipinski definition) is 1. The summed E-state index contributed by atoms with van der Waals surface area (Å²) >= 11 is 1.64. The van der Waals surface area contributed by atoms with Crippen LogP contribution in [-0.2, 0) is 0 Å². The molecule has 0 amide bonds. The van der Waals surface area contributed by atoms with E-state index < -0.39 is 0 Å². The molecule has 0 saturated heterocycles. The van der Waals surface area contributed by atoms with Crippen LogP contribution in [0.15, 0.2) is 23.1 Å². The molecule has 0 spiro atoms. The highest BCUT2D eigenvalue weighted by Crippen LogP contribution is 2.35. The zero-order valence-electron chi connectivity index (χ0n) is 11.3. The van der Waals surface area contributed by atoms with E-state index in [1.807, 2.05) is 6.07 Å². The molecule has 4 nitrogen and oxygen atoms in total. The van der Waals surface area contributed by atoms with Crippen LogP contribution in [0.2, 0.25) is 0 Å². The lowest BCUT2D eigenvalue weighted by Gasteiger charge is -2.18. The van der Waals surface area contributed by atoms with Crippen LogP contribution in [0.25, 0.3) is 0 Å². The molecule has 0 unspecified atom stereocenters. The Kier molecular flexibility index (Phi) is 5.02. The van der Waals surface area contributed by atoms with Gasteiger partial charge in [-0.05, 0) is 12.5 Å². The lowest BCUT2D eigenvalue weighted by molar-refractivity contribution is -0.385. The summed E-state index contributed by atoms with van der Waals surface area (Å²) in [6.45, 7) is 9.16. The Labute approximate surface area is 112 Å². The van der Waals surface area contributed by atoms with Crippen LogP contribution in [-0.4, -0.2) is 16.2 Å². The van der Waals surface area contributed by atoms with Crippen molar-refractivity contribution in [1.29, 1.82) is 0 Å². The Bertz CT molecular complexity index is 427. The minimum absolute atomic E-state index is 0.0389. The van der Waals surface area contributed by atoms with Gasteiger partial charge in [-0.1, -0.05) is 27.7 Å². The van der Waals surface area contributed by atoms with Gasteiger partial charge < -0.3 is 5.32 Å². The smallest absolute Gasteiger partial charge is 0.272 e. The van der Waals surface area contributed by atoms with Gasteiger partial charge in [-0.3, -0.25) is 10.1 Å². The van der Waals surface area contributed by atoms with Gasteiger partial charge in [0.15, 0.2) is 0 Å². The molecule has 0 fully saturated rings. The molecule has 0 bridgehead atoms. The van der Waals surface area contributed by atoms with Gasteiger partial charge in [-0.2, -0.15) is 0 Å². The number of thioether (sulfide) groups is 1. The molecule has 0 aliphatic heterocycles. The molecule has 1 rings (SSSR count). The minimum atomic E-state index is -0.343. The van der Waals surface area contributed by atoms with Gasteiger partial charge >= 0.3 is 0 Å². The molecular formula is C13H20N2O2S. The van der Waals surface area contributed by atoms with Gasteiger partial charge in [0.1, 0.15) is 0 Å². The summed E-state index contributed by atoms with van der Waals surface area (Å²) < 4.78 is 0.0389. The molecule has 1 aromatic carbocycles. The fourth-order valence-corrected chi connectivity index (χ4v) is 2.55. The molecular weight excluding hydrogens is 248 g/mol. The number of nitrogens with zero attached hydrogens (tertiary/aromatic N) is 1. The Morgan fingerprint density at radius 3 is 2.50 bits per heavy atom. The summed E-state index contributed by atoms with van der Waals surface area (Å²) in [6, 6.07) is 5.19. The van der Waals surface area contributed by atoms with Crippen LogP contribution in [0.3, 0.4) is 0 Å². The van der Waals surface area contributed by atoms with E-state index >= 15 is 0 Å². The number of nitrogens with one attached hydrogen (secondary N) is 1. The zero-order valence-corrected chi connectivity index (χ0v) is 12.1. The summed E-state index contributed by atoms with van der Waals surface area (Å²) in [5, 5.41) is 14.1. The molecule has 1 N–H and O–H groups in total. The lowest BCUT2D eigenvalue weighted by atomic mass is 10.2. The largest absolute Gasteiger partial charge is 0.385 e. The molecule has 0 aliphatic rings. The van der Waals surface area contributed by atoms with E-state index in [-0.39, 0.29) is 15.4 Å². The van der Waals surface area contributed by atoms with E-state index in [9.17, 15) is 10.1 Å². The summed E-state index contributed by atoms with van der Waals surface area (Å²) in [5.41, 5.74) is 0.959. The molecule has 0 heterocycles. The van der Waals surface area contributed by atoms with Gasteiger partial charge in [-0.15, -0.1) is 11.8 Å². The predicted octanol–water partition coefficient (Wildman–Crippen LogP) is 4.31. The normalized spacial score (nSPS) is 11.3. The fraction of sp³-hybridized carbons (Fsp3) is 0.538. The maximum atomic E-state index is 10.9. The van der Waals surface area contributed by atoms with E-state index in [1.54, 1.807) is 23.9 Å². The predicted molar refractivity (Wildman–Crippen MR) is 77.5 cm³/mol. The quantitative estimate of drug-likeness (QED) is 0.491. The molecule has 18 heavy (non-hydrogen) atoms. The van der Waals surface area contributed by atoms with E-state index in [2.05, 4.69) is 33.0 Å². The lowest BCUT2D eigenvalue weighted by Crippen LogP contribution is -2.07. The van der Waals surface area contributed by atoms with E-state index in [4.69, 9.17) is 0 Å². The highest BCUT2D eigenvalue weighted by Gasteiger charge is 2.16. The second kappa shape index (κ2) is 6.09. The van der Waals surface area contributed by atoms with Crippen molar-refractivity contribution >= 4 is 23.1 Å². The number of anilines is 1. The Morgan fingerprint density at radius 1 is 1.33 bits per heavy atom. The molecule has 0 aromatic heterocycles. The molecule has 1 aromatic rings. The van der Waals surface area contributed by atoms with Crippen LogP contribution < -0.4 is 5.32 Å². The first-order chi connectivity index (χ1) is 8.31. The van der Waals surface area contributed by atoms with Crippen molar-refractivity contribution in [3.63, 3.8) is 0 Å². The van der Waals surface area contributed by atoms with Crippen LogP contribution in [0.1, 0.15) is 34.1 Å². The first-order valence-corrected chi connectivity index (χ1v) is 6.86. The number of non-ortho nitro benzene ring substituents is 1. The summed E-state index contributed by atoms with van der Waals surface area (Å²) in [5.74, 6) is 0. The van der Waals surface area contributed by atoms with Crippen molar-refractivity contribution in [2.45, 2.75) is 43.8 Å². The second-order valence-corrected chi connectivity index (χ2v) is 7.01. The molecule has 0 atom stereocenters. The van der Waals surface area contributed by atoms with Crippen LogP contribution in [0.4, 0.5) is 11.4 Å². The van der Waals surface area contributed by atoms with Crippen LogP contribution in [0.5, 0.6) is 0 Å². The third kappa shape index (κ3) is 4.96. The maximum absolute atomic E-state index is 10.9. The third-order valence-electron chi connectivity index (χ3n) is 2.11. The SMILES string of the molecule is CCCNc1cc(SC(C)(C)C)cc([N+](=O)[O-])c1. The average Bonchev–Trinajstić information content (AvgIpc) is 2.23. The van der Waals surface area contributed by atoms with Gasteiger partial charge in [0, 0.05) is 34.0 Å².